The Bertz CT molecular complexity index is 1030. The van der Waals surface area contributed by atoms with Crippen LogP contribution in [-0.4, -0.2) is 22.4 Å². The maximum Gasteiger partial charge on any atom is 0.266 e. The summed E-state index contributed by atoms with van der Waals surface area (Å²) < 4.78 is 7.85. The van der Waals surface area contributed by atoms with Crippen molar-refractivity contribution < 1.29 is 4.74 Å². The largest absolute Gasteiger partial charge is 0.497 e. The Hall–Kier alpha value is -1.51. The molecule has 1 heterocycles. The number of hydrogen-bond donors (Lipinski definition) is 0. The Morgan fingerprint density at radius 1 is 1.31 bits per heavy atom. The van der Waals surface area contributed by atoms with E-state index in [4.69, 9.17) is 21.3 Å². The summed E-state index contributed by atoms with van der Waals surface area (Å²) in [4.78, 5) is 17.9. The van der Waals surface area contributed by atoms with Gasteiger partial charge in [-0.1, -0.05) is 29.4 Å². The van der Waals surface area contributed by atoms with Crippen LogP contribution in [0.5, 0.6) is 5.75 Å². The van der Waals surface area contributed by atoms with Gasteiger partial charge in [-0.2, -0.15) is 0 Å². The molecule has 4 nitrogen and oxygen atoms in total. The van der Waals surface area contributed by atoms with Crippen LogP contribution in [0.3, 0.4) is 0 Å². The van der Waals surface area contributed by atoms with E-state index in [0.29, 0.717) is 26.8 Å². The summed E-state index contributed by atoms with van der Waals surface area (Å²) in [5.74, 6) is 1.37. The van der Waals surface area contributed by atoms with Gasteiger partial charge in [0.15, 0.2) is 5.16 Å². The number of aromatic nitrogens is 2. The number of thioether (sulfide) groups is 1. The average Bonchev–Trinajstić information content (AvgIpc) is 2.62. The number of halogens is 2. The van der Waals surface area contributed by atoms with Crippen LogP contribution in [-0.2, 0) is 0 Å². The van der Waals surface area contributed by atoms with Gasteiger partial charge in [0.25, 0.3) is 5.56 Å². The highest BCUT2D eigenvalue weighted by molar-refractivity contribution is 14.1. The molecule has 0 saturated heterocycles. The van der Waals surface area contributed by atoms with Crippen LogP contribution >= 0.6 is 46.0 Å². The smallest absolute Gasteiger partial charge is 0.266 e. The van der Waals surface area contributed by atoms with E-state index < -0.39 is 0 Å². The van der Waals surface area contributed by atoms with E-state index in [0.717, 1.165) is 15.0 Å². The molecule has 26 heavy (non-hydrogen) atoms. The van der Waals surface area contributed by atoms with Crippen LogP contribution < -0.4 is 10.3 Å². The minimum absolute atomic E-state index is 0.0900. The van der Waals surface area contributed by atoms with E-state index in [1.54, 1.807) is 11.7 Å². The summed E-state index contributed by atoms with van der Waals surface area (Å²) in [6, 6.07) is 13.1. The van der Waals surface area contributed by atoms with Crippen LogP contribution in [0.2, 0.25) is 0 Å². The lowest BCUT2D eigenvalue weighted by Crippen LogP contribution is -2.22. The minimum atomic E-state index is -0.0900. The van der Waals surface area contributed by atoms with Gasteiger partial charge >= 0.3 is 0 Å². The maximum absolute atomic E-state index is 13.2. The Kier molecular flexibility index (Phi) is 6.26. The number of rotatable bonds is 5. The monoisotopic (exact) mass is 498 g/mol. The molecule has 2 aromatic carbocycles. The summed E-state index contributed by atoms with van der Waals surface area (Å²) >= 11 is 9.59. The fraction of sp³-hybridized carbons (Fsp3) is 0.158. The van der Waals surface area contributed by atoms with E-state index >= 15 is 0 Å². The highest BCUT2D eigenvalue weighted by Gasteiger charge is 2.13. The first-order valence-corrected chi connectivity index (χ1v) is 10.3. The number of ether oxygens (including phenoxy) is 1. The van der Waals surface area contributed by atoms with Crippen molar-refractivity contribution in [2.24, 2.45) is 0 Å². The average molecular weight is 499 g/mol. The van der Waals surface area contributed by atoms with Crippen LogP contribution in [0.15, 0.2) is 63.5 Å². The predicted octanol–water partition coefficient (Wildman–Crippen LogP) is 5.23. The summed E-state index contributed by atoms with van der Waals surface area (Å²) in [6.07, 6.45) is 1.90. The first-order chi connectivity index (χ1) is 12.5. The third-order valence-corrected chi connectivity index (χ3v) is 5.40. The van der Waals surface area contributed by atoms with Gasteiger partial charge in [-0.25, -0.2) is 4.98 Å². The third kappa shape index (κ3) is 4.24. The molecule has 0 aliphatic carbocycles. The fourth-order valence-corrected chi connectivity index (χ4v) is 4.05. The molecule has 0 amide bonds. The molecule has 0 spiro atoms. The maximum atomic E-state index is 13.2. The molecule has 134 valence electrons. The molecule has 0 atom stereocenters. The summed E-state index contributed by atoms with van der Waals surface area (Å²) in [6.45, 7) is 1.83. The van der Waals surface area contributed by atoms with E-state index in [9.17, 15) is 4.79 Å². The zero-order valence-corrected chi connectivity index (χ0v) is 17.9. The SMILES string of the molecule is COc1ccc(-n2c(SCC=C(C)Cl)nc3ccc(I)cc3c2=O)cc1. The molecule has 0 aliphatic heterocycles. The van der Waals surface area contributed by atoms with Crippen molar-refractivity contribution in [1.82, 2.24) is 9.55 Å². The molecular formula is C19H16ClIN2O2S. The van der Waals surface area contributed by atoms with E-state index in [1.807, 2.05) is 55.5 Å². The van der Waals surface area contributed by atoms with E-state index in [1.165, 1.54) is 11.8 Å². The highest BCUT2D eigenvalue weighted by Crippen LogP contribution is 2.24. The summed E-state index contributed by atoms with van der Waals surface area (Å²) in [5, 5.41) is 1.94. The van der Waals surface area contributed by atoms with Gasteiger partial charge in [-0.3, -0.25) is 9.36 Å². The van der Waals surface area contributed by atoms with Gasteiger partial charge in [-0.05, 0) is 72.0 Å². The predicted molar refractivity (Wildman–Crippen MR) is 117 cm³/mol. The Balaban J connectivity index is 2.19. The van der Waals surface area contributed by atoms with Crippen LogP contribution in [0.1, 0.15) is 6.92 Å². The van der Waals surface area contributed by atoms with Crippen molar-refractivity contribution in [3.05, 3.63) is 67.5 Å². The number of methoxy groups -OCH3 is 1. The molecule has 3 rings (SSSR count). The Morgan fingerprint density at radius 3 is 2.69 bits per heavy atom. The molecule has 7 heteroatoms. The van der Waals surface area contributed by atoms with E-state index in [-0.39, 0.29) is 5.56 Å². The standard InChI is InChI=1S/C19H16ClIN2O2S/c1-12(20)9-10-26-19-22-17-8-3-13(21)11-16(17)18(24)23(19)14-4-6-15(25-2)7-5-14/h3-9,11H,10H2,1-2H3. The van der Waals surface area contributed by atoms with Crippen molar-refractivity contribution >= 4 is 56.9 Å². The molecular weight excluding hydrogens is 483 g/mol. The van der Waals surface area contributed by atoms with Gasteiger partial charge in [0.05, 0.1) is 23.7 Å². The van der Waals surface area contributed by atoms with Gasteiger partial charge < -0.3 is 4.74 Å². The number of allylic oxidation sites excluding steroid dienone is 1. The Labute approximate surface area is 174 Å². The van der Waals surface area contributed by atoms with Crippen LogP contribution in [0, 0.1) is 3.57 Å². The van der Waals surface area contributed by atoms with Gasteiger partial charge in [0.2, 0.25) is 0 Å². The second kappa shape index (κ2) is 8.45. The second-order valence-electron chi connectivity index (χ2n) is 5.50. The lowest BCUT2D eigenvalue weighted by Gasteiger charge is -2.13. The van der Waals surface area contributed by atoms with Crippen molar-refractivity contribution in [1.29, 1.82) is 0 Å². The second-order valence-corrected chi connectivity index (χ2v) is 8.33. The summed E-state index contributed by atoms with van der Waals surface area (Å²) in [7, 11) is 1.61. The van der Waals surface area contributed by atoms with Crippen LogP contribution in [0.4, 0.5) is 0 Å². The van der Waals surface area contributed by atoms with Gasteiger partial charge in [0, 0.05) is 14.4 Å². The first-order valence-electron chi connectivity index (χ1n) is 7.81. The number of benzene rings is 2. The Morgan fingerprint density at radius 2 is 2.04 bits per heavy atom. The van der Waals surface area contributed by atoms with Crippen molar-refractivity contribution in [3.8, 4) is 11.4 Å². The molecule has 0 bridgehead atoms. The number of hydrogen-bond acceptors (Lipinski definition) is 4. The minimum Gasteiger partial charge on any atom is -0.497 e. The number of fused-ring (bicyclic) bond motifs is 1. The molecule has 1 aromatic heterocycles. The molecule has 0 unspecified atom stereocenters. The third-order valence-electron chi connectivity index (χ3n) is 3.71. The van der Waals surface area contributed by atoms with Gasteiger partial charge in [0.1, 0.15) is 5.75 Å². The van der Waals surface area contributed by atoms with Crippen molar-refractivity contribution in [2.75, 3.05) is 12.9 Å². The topological polar surface area (TPSA) is 44.1 Å². The van der Waals surface area contributed by atoms with Crippen molar-refractivity contribution in [3.63, 3.8) is 0 Å². The van der Waals surface area contributed by atoms with Crippen molar-refractivity contribution in [2.45, 2.75) is 12.1 Å². The lowest BCUT2D eigenvalue weighted by molar-refractivity contribution is 0.414. The zero-order chi connectivity index (χ0) is 18.7. The molecule has 0 fully saturated rings. The number of nitrogens with zero attached hydrogens (tertiary/aromatic N) is 2. The molecule has 0 saturated carbocycles. The molecule has 0 radical (unpaired) electrons. The van der Waals surface area contributed by atoms with E-state index in [2.05, 4.69) is 22.6 Å². The normalized spacial score (nSPS) is 11.8. The quantitative estimate of drug-likeness (QED) is 0.274. The first kappa shape index (κ1) is 19.3. The zero-order valence-electron chi connectivity index (χ0n) is 14.2. The van der Waals surface area contributed by atoms with Gasteiger partial charge in [-0.15, -0.1) is 0 Å². The molecule has 3 aromatic rings. The highest BCUT2D eigenvalue weighted by atomic mass is 127. The lowest BCUT2D eigenvalue weighted by atomic mass is 10.2. The fourth-order valence-electron chi connectivity index (χ4n) is 2.42. The molecule has 0 aliphatic rings. The van der Waals surface area contributed by atoms with Crippen LogP contribution in [0.25, 0.3) is 16.6 Å². The summed E-state index contributed by atoms with van der Waals surface area (Å²) in [5.41, 5.74) is 1.35. The molecule has 0 N–H and O–H groups in total.